The summed E-state index contributed by atoms with van der Waals surface area (Å²) in [5.74, 6) is -0.788. The number of hydrogen-bond acceptors (Lipinski definition) is 6. The van der Waals surface area contributed by atoms with E-state index in [4.69, 9.17) is 0 Å². The molecule has 130 valence electrons. The average molecular weight is 382 g/mol. The van der Waals surface area contributed by atoms with Crippen molar-refractivity contribution in [3.8, 4) is 0 Å². The number of benzene rings is 1. The van der Waals surface area contributed by atoms with Gasteiger partial charge in [0.05, 0.1) is 12.4 Å². The van der Waals surface area contributed by atoms with Crippen LogP contribution < -0.4 is 10.9 Å². The molecule has 0 aliphatic heterocycles. The highest BCUT2D eigenvalue weighted by molar-refractivity contribution is 7.12. The highest BCUT2D eigenvalue weighted by Crippen LogP contribution is 2.07. The fourth-order valence-electron chi connectivity index (χ4n) is 1.97. The van der Waals surface area contributed by atoms with Gasteiger partial charge in [0.1, 0.15) is 0 Å². The third kappa shape index (κ3) is 4.95. The predicted octanol–water partition coefficient (Wildman–Crippen LogP) is 3.34. The molecule has 0 bridgehead atoms. The first-order chi connectivity index (χ1) is 12.7. The number of rotatable bonds is 6. The van der Waals surface area contributed by atoms with Gasteiger partial charge in [-0.3, -0.25) is 9.59 Å². The Morgan fingerprint density at radius 1 is 0.769 bits per heavy atom. The Morgan fingerprint density at radius 2 is 1.27 bits per heavy atom. The van der Waals surface area contributed by atoms with Crippen LogP contribution in [0, 0.1) is 0 Å². The van der Waals surface area contributed by atoms with Gasteiger partial charge in [-0.2, -0.15) is 10.2 Å². The molecule has 0 saturated heterocycles. The van der Waals surface area contributed by atoms with Crippen molar-refractivity contribution in [2.75, 3.05) is 0 Å². The Morgan fingerprint density at radius 3 is 1.69 bits per heavy atom. The van der Waals surface area contributed by atoms with Crippen LogP contribution in [0.1, 0.15) is 30.5 Å². The van der Waals surface area contributed by atoms with Crippen LogP contribution in [0.5, 0.6) is 0 Å². The lowest BCUT2D eigenvalue weighted by Gasteiger charge is -2.03. The van der Waals surface area contributed by atoms with Gasteiger partial charge < -0.3 is 0 Å². The maximum atomic E-state index is 12.1. The van der Waals surface area contributed by atoms with E-state index in [9.17, 15) is 9.59 Å². The highest BCUT2D eigenvalue weighted by Gasteiger charge is 2.09. The van der Waals surface area contributed by atoms with Crippen molar-refractivity contribution in [2.24, 2.45) is 10.2 Å². The van der Waals surface area contributed by atoms with E-state index in [1.54, 1.807) is 30.6 Å². The van der Waals surface area contributed by atoms with Crippen LogP contribution >= 0.6 is 22.7 Å². The van der Waals surface area contributed by atoms with E-state index in [-0.39, 0.29) is 0 Å². The summed E-state index contributed by atoms with van der Waals surface area (Å²) in [5, 5.41) is 11.7. The topological polar surface area (TPSA) is 82.9 Å². The molecule has 0 fully saturated rings. The molecule has 0 atom stereocenters. The molecule has 8 heteroatoms. The van der Waals surface area contributed by atoms with Crippen LogP contribution in [0.2, 0.25) is 0 Å². The van der Waals surface area contributed by atoms with Crippen molar-refractivity contribution in [3.05, 3.63) is 80.2 Å². The minimum absolute atomic E-state index is 0.336. The molecule has 3 rings (SSSR count). The number of thiophene rings is 2. The SMILES string of the molecule is O=C(N/N=C/c1cccs1)c1cccc(C(=O)N/N=C/c2cccs2)c1. The lowest BCUT2D eigenvalue weighted by molar-refractivity contribution is 0.0954. The third-order valence-corrected chi connectivity index (χ3v) is 4.80. The van der Waals surface area contributed by atoms with Gasteiger partial charge in [0.2, 0.25) is 0 Å². The fourth-order valence-corrected chi connectivity index (χ4v) is 3.14. The number of nitrogens with one attached hydrogen (secondary N) is 2. The number of hydrazone groups is 2. The maximum absolute atomic E-state index is 12.1. The Hall–Kier alpha value is -3.10. The number of nitrogens with zero attached hydrogens (tertiary/aromatic N) is 2. The lowest BCUT2D eigenvalue weighted by atomic mass is 10.1. The minimum atomic E-state index is -0.394. The molecular weight excluding hydrogens is 368 g/mol. The second-order valence-electron chi connectivity index (χ2n) is 5.01. The molecule has 2 amide bonds. The second-order valence-corrected chi connectivity index (χ2v) is 6.97. The Labute approximate surface area is 157 Å². The zero-order chi connectivity index (χ0) is 18.2. The van der Waals surface area contributed by atoms with E-state index in [1.807, 2.05) is 35.0 Å². The maximum Gasteiger partial charge on any atom is 0.271 e. The van der Waals surface area contributed by atoms with Gasteiger partial charge in [0.15, 0.2) is 0 Å². The first kappa shape index (κ1) is 17.7. The van der Waals surface area contributed by atoms with E-state index in [0.717, 1.165) is 9.75 Å². The van der Waals surface area contributed by atoms with Gasteiger partial charge in [-0.05, 0) is 41.1 Å². The summed E-state index contributed by atoms with van der Waals surface area (Å²) < 4.78 is 0. The van der Waals surface area contributed by atoms with Crippen molar-refractivity contribution in [2.45, 2.75) is 0 Å². The molecule has 2 aromatic heterocycles. The number of carbonyl (C=O) groups excluding carboxylic acids is 2. The zero-order valence-electron chi connectivity index (χ0n) is 13.5. The van der Waals surface area contributed by atoms with Crippen molar-refractivity contribution in [1.82, 2.24) is 10.9 Å². The normalized spacial score (nSPS) is 11.1. The van der Waals surface area contributed by atoms with Crippen molar-refractivity contribution < 1.29 is 9.59 Å². The van der Waals surface area contributed by atoms with Gasteiger partial charge in [-0.1, -0.05) is 18.2 Å². The number of carbonyl (C=O) groups is 2. The summed E-state index contributed by atoms with van der Waals surface area (Å²) >= 11 is 3.03. The van der Waals surface area contributed by atoms with E-state index in [1.165, 1.54) is 28.7 Å². The number of hydrogen-bond donors (Lipinski definition) is 2. The largest absolute Gasteiger partial charge is 0.271 e. The Bertz CT molecular complexity index is 859. The average Bonchev–Trinajstić information content (AvgIpc) is 3.35. The van der Waals surface area contributed by atoms with Crippen LogP contribution in [0.4, 0.5) is 0 Å². The van der Waals surface area contributed by atoms with Crippen molar-refractivity contribution in [3.63, 3.8) is 0 Å². The Balaban J connectivity index is 1.59. The minimum Gasteiger partial charge on any atom is -0.267 e. The fraction of sp³-hybridized carbons (Fsp3) is 0. The summed E-state index contributed by atoms with van der Waals surface area (Å²) in [6.07, 6.45) is 3.14. The van der Waals surface area contributed by atoms with E-state index in [0.29, 0.717) is 11.1 Å². The molecule has 26 heavy (non-hydrogen) atoms. The van der Waals surface area contributed by atoms with Gasteiger partial charge in [-0.15, -0.1) is 22.7 Å². The summed E-state index contributed by atoms with van der Waals surface area (Å²) in [7, 11) is 0. The quantitative estimate of drug-likeness (QED) is 0.506. The zero-order valence-corrected chi connectivity index (χ0v) is 15.1. The molecule has 0 unspecified atom stereocenters. The van der Waals surface area contributed by atoms with Gasteiger partial charge in [-0.25, -0.2) is 10.9 Å². The summed E-state index contributed by atoms with van der Waals surface area (Å²) in [6, 6.07) is 13.9. The van der Waals surface area contributed by atoms with Crippen molar-refractivity contribution >= 4 is 46.9 Å². The number of amides is 2. The molecule has 6 nitrogen and oxygen atoms in total. The summed E-state index contributed by atoms with van der Waals surface area (Å²) in [4.78, 5) is 26.1. The van der Waals surface area contributed by atoms with Gasteiger partial charge in [0, 0.05) is 20.9 Å². The standard InChI is InChI=1S/C18H14N4O2S2/c23-17(21-19-11-15-6-2-8-25-15)13-4-1-5-14(10-13)18(24)22-20-12-16-7-3-9-26-16/h1-12H,(H,21,23)(H,22,24)/b19-11+,20-12+. The molecule has 2 N–H and O–H groups in total. The predicted molar refractivity (Wildman–Crippen MR) is 105 cm³/mol. The molecular formula is C18H14N4O2S2. The molecule has 0 saturated carbocycles. The van der Waals surface area contributed by atoms with Gasteiger partial charge in [0.25, 0.3) is 11.8 Å². The first-order valence-electron chi connectivity index (χ1n) is 7.56. The molecule has 0 radical (unpaired) electrons. The molecule has 2 heterocycles. The highest BCUT2D eigenvalue weighted by atomic mass is 32.1. The molecule has 3 aromatic rings. The summed E-state index contributed by atoms with van der Waals surface area (Å²) in [5.41, 5.74) is 5.56. The van der Waals surface area contributed by atoms with E-state index >= 15 is 0 Å². The molecule has 0 aliphatic rings. The lowest BCUT2D eigenvalue weighted by Crippen LogP contribution is -2.20. The first-order valence-corrected chi connectivity index (χ1v) is 9.32. The molecule has 1 aromatic carbocycles. The van der Waals surface area contributed by atoms with Crippen LogP contribution in [0.3, 0.4) is 0 Å². The Kier molecular flexibility index (Phi) is 6.02. The van der Waals surface area contributed by atoms with Crippen LogP contribution in [0.25, 0.3) is 0 Å². The van der Waals surface area contributed by atoms with Crippen LogP contribution in [-0.2, 0) is 0 Å². The van der Waals surface area contributed by atoms with Crippen LogP contribution in [0.15, 0.2) is 69.5 Å². The molecule has 0 aliphatic carbocycles. The third-order valence-electron chi connectivity index (χ3n) is 3.19. The summed E-state index contributed by atoms with van der Waals surface area (Å²) in [6.45, 7) is 0. The smallest absolute Gasteiger partial charge is 0.267 e. The van der Waals surface area contributed by atoms with Crippen molar-refractivity contribution in [1.29, 1.82) is 0 Å². The van der Waals surface area contributed by atoms with Gasteiger partial charge >= 0.3 is 0 Å². The monoisotopic (exact) mass is 382 g/mol. The second kappa shape index (κ2) is 8.84. The molecule has 0 spiro atoms. The van der Waals surface area contributed by atoms with E-state index in [2.05, 4.69) is 21.1 Å². The van der Waals surface area contributed by atoms with Crippen LogP contribution in [-0.4, -0.2) is 24.2 Å². The van der Waals surface area contributed by atoms with E-state index < -0.39 is 11.8 Å².